The van der Waals surface area contributed by atoms with E-state index in [1.54, 1.807) is 0 Å². The van der Waals surface area contributed by atoms with Gasteiger partial charge in [0.05, 0.1) is 18.9 Å². The predicted octanol–water partition coefficient (Wildman–Crippen LogP) is 1.03. The van der Waals surface area contributed by atoms with Crippen LogP contribution in [0.3, 0.4) is 0 Å². The van der Waals surface area contributed by atoms with Crippen LogP contribution in [0.4, 0.5) is 0 Å². The average molecular weight is 375 g/mol. The summed E-state index contributed by atoms with van der Waals surface area (Å²) in [7, 11) is -3.23. The molecule has 8 heteroatoms. The summed E-state index contributed by atoms with van der Waals surface area (Å²) >= 11 is 0. The number of likely N-dealkylation sites (tertiary alicyclic amines) is 1. The van der Waals surface area contributed by atoms with Gasteiger partial charge in [0.15, 0.2) is 5.96 Å². The highest BCUT2D eigenvalue weighted by atomic mass is 32.2. The quantitative estimate of drug-likeness (QED) is 0.441. The highest BCUT2D eigenvalue weighted by Crippen LogP contribution is 2.25. The van der Waals surface area contributed by atoms with Crippen molar-refractivity contribution in [1.29, 1.82) is 0 Å². The van der Waals surface area contributed by atoms with Gasteiger partial charge in [0.25, 0.3) is 0 Å². The Morgan fingerprint density at radius 3 is 2.68 bits per heavy atom. The number of rotatable bonds is 10. The van der Waals surface area contributed by atoms with Gasteiger partial charge >= 0.3 is 0 Å². The van der Waals surface area contributed by atoms with Crippen molar-refractivity contribution in [3.63, 3.8) is 0 Å². The molecular weight excluding hydrogens is 340 g/mol. The number of nitrogens with zero attached hydrogens (tertiary/aromatic N) is 2. The maximum Gasteiger partial charge on any atom is 0.213 e. The normalized spacial score (nSPS) is 22.2. The van der Waals surface area contributed by atoms with Crippen LogP contribution in [-0.4, -0.2) is 71.0 Å². The molecule has 0 bridgehead atoms. The molecule has 1 heterocycles. The first kappa shape index (κ1) is 20.5. The van der Waals surface area contributed by atoms with E-state index in [2.05, 4.69) is 19.9 Å². The molecule has 0 radical (unpaired) electrons. The Morgan fingerprint density at radius 2 is 2.04 bits per heavy atom. The minimum absolute atomic E-state index is 0.0465. The van der Waals surface area contributed by atoms with Gasteiger partial charge in [0.1, 0.15) is 0 Å². The summed E-state index contributed by atoms with van der Waals surface area (Å²) in [6, 6.07) is 0. The fourth-order valence-electron chi connectivity index (χ4n) is 3.16. The van der Waals surface area contributed by atoms with Gasteiger partial charge in [-0.3, -0.25) is 4.99 Å². The molecule has 146 valence electrons. The predicted molar refractivity (Wildman–Crippen MR) is 101 cm³/mol. The van der Waals surface area contributed by atoms with Gasteiger partial charge in [0, 0.05) is 38.7 Å². The van der Waals surface area contributed by atoms with Gasteiger partial charge in [-0.2, -0.15) is 0 Å². The van der Waals surface area contributed by atoms with Crippen LogP contribution in [-0.2, 0) is 14.8 Å². The first-order valence-corrected chi connectivity index (χ1v) is 11.3. The van der Waals surface area contributed by atoms with Gasteiger partial charge < -0.3 is 15.0 Å². The summed E-state index contributed by atoms with van der Waals surface area (Å²) in [4.78, 5) is 6.74. The van der Waals surface area contributed by atoms with Gasteiger partial charge in [-0.15, -0.1) is 0 Å². The number of guanidine groups is 1. The van der Waals surface area contributed by atoms with Crippen LogP contribution >= 0.6 is 0 Å². The van der Waals surface area contributed by atoms with Crippen LogP contribution in [0.1, 0.15) is 39.5 Å². The third-order valence-electron chi connectivity index (χ3n) is 4.92. The Kier molecular flexibility index (Phi) is 8.45. The number of ether oxygens (including phenoxy) is 1. The monoisotopic (exact) mass is 374 g/mol. The number of hydrogen-bond acceptors (Lipinski definition) is 4. The van der Waals surface area contributed by atoms with Crippen molar-refractivity contribution in [3.8, 4) is 0 Å². The molecule has 0 aromatic carbocycles. The molecule has 1 unspecified atom stereocenters. The van der Waals surface area contributed by atoms with E-state index in [-0.39, 0.29) is 12.3 Å². The Morgan fingerprint density at radius 1 is 1.24 bits per heavy atom. The Bertz CT molecular complexity index is 520. The van der Waals surface area contributed by atoms with E-state index in [0.717, 1.165) is 58.1 Å². The van der Waals surface area contributed by atoms with Crippen molar-refractivity contribution in [2.75, 3.05) is 51.7 Å². The van der Waals surface area contributed by atoms with Crippen molar-refractivity contribution < 1.29 is 13.2 Å². The molecule has 2 N–H and O–H groups in total. The molecule has 7 nitrogen and oxygen atoms in total. The lowest BCUT2D eigenvalue weighted by Gasteiger charge is -2.25. The van der Waals surface area contributed by atoms with Crippen LogP contribution in [0.5, 0.6) is 0 Å². The molecule has 0 aromatic rings. The summed E-state index contributed by atoms with van der Waals surface area (Å²) in [5, 5.41) is 3.28. The molecular formula is C17H34N4O3S. The van der Waals surface area contributed by atoms with E-state index in [4.69, 9.17) is 4.74 Å². The lowest BCUT2D eigenvalue weighted by Crippen LogP contribution is -2.41. The number of sulfonamides is 1. The van der Waals surface area contributed by atoms with E-state index in [1.165, 1.54) is 6.42 Å². The third kappa shape index (κ3) is 7.11. The van der Waals surface area contributed by atoms with Crippen molar-refractivity contribution >= 4 is 16.0 Å². The summed E-state index contributed by atoms with van der Waals surface area (Å²) < 4.78 is 32.4. The largest absolute Gasteiger partial charge is 0.381 e. The molecule has 1 saturated heterocycles. The van der Waals surface area contributed by atoms with Crippen molar-refractivity contribution in [2.24, 2.45) is 16.8 Å². The van der Waals surface area contributed by atoms with Crippen molar-refractivity contribution in [1.82, 2.24) is 14.9 Å². The third-order valence-corrected chi connectivity index (χ3v) is 6.24. The van der Waals surface area contributed by atoms with Crippen molar-refractivity contribution in [2.45, 2.75) is 39.5 Å². The van der Waals surface area contributed by atoms with Crippen molar-refractivity contribution in [3.05, 3.63) is 0 Å². The number of nitrogens with one attached hydrogen (secondary N) is 2. The molecule has 0 aromatic heterocycles. The van der Waals surface area contributed by atoms with Crippen LogP contribution in [0.25, 0.3) is 0 Å². The second-order valence-corrected chi connectivity index (χ2v) is 8.89. The van der Waals surface area contributed by atoms with E-state index < -0.39 is 10.0 Å². The minimum atomic E-state index is -3.23. The van der Waals surface area contributed by atoms with E-state index >= 15 is 0 Å². The SMILES string of the molecule is CCNC(=NCCS(=O)(=O)NCC1CCC1)N1CCC(COCC)C1. The zero-order valence-corrected chi connectivity index (χ0v) is 16.5. The topological polar surface area (TPSA) is 83.0 Å². The van der Waals surface area contributed by atoms with E-state index in [9.17, 15) is 8.42 Å². The fourth-order valence-corrected chi connectivity index (χ4v) is 4.12. The van der Waals surface area contributed by atoms with Gasteiger partial charge in [-0.25, -0.2) is 13.1 Å². The molecule has 0 spiro atoms. The fraction of sp³-hybridized carbons (Fsp3) is 0.941. The molecule has 0 amide bonds. The molecule has 2 fully saturated rings. The Balaban J connectivity index is 1.78. The molecule has 1 atom stereocenters. The first-order chi connectivity index (χ1) is 12.0. The van der Waals surface area contributed by atoms with Crippen LogP contribution in [0.2, 0.25) is 0 Å². The maximum atomic E-state index is 12.1. The van der Waals surface area contributed by atoms with E-state index in [0.29, 0.717) is 18.4 Å². The van der Waals surface area contributed by atoms with Crippen LogP contribution in [0, 0.1) is 11.8 Å². The standard InChI is InChI=1S/C17H34N4O3S/c1-3-18-17(21-10-8-16(13-21)14-24-4-2)19-9-11-25(22,23)20-12-15-6-5-7-15/h15-16,20H,3-14H2,1-2H3,(H,18,19). The average Bonchev–Trinajstić information content (AvgIpc) is 2.99. The molecule has 1 aliphatic heterocycles. The Labute approximate surface area is 152 Å². The van der Waals surface area contributed by atoms with Crippen LogP contribution in [0.15, 0.2) is 4.99 Å². The van der Waals surface area contributed by atoms with Crippen LogP contribution < -0.4 is 10.0 Å². The lowest BCUT2D eigenvalue weighted by molar-refractivity contribution is 0.114. The first-order valence-electron chi connectivity index (χ1n) is 9.62. The maximum absolute atomic E-state index is 12.1. The lowest BCUT2D eigenvalue weighted by atomic mass is 9.86. The zero-order chi connectivity index (χ0) is 18.1. The molecule has 25 heavy (non-hydrogen) atoms. The summed E-state index contributed by atoms with van der Waals surface area (Å²) in [5.74, 6) is 1.92. The second-order valence-electron chi connectivity index (χ2n) is 6.96. The summed E-state index contributed by atoms with van der Waals surface area (Å²) in [6.45, 7) is 9.07. The summed E-state index contributed by atoms with van der Waals surface area (Å²) in [5.41, 5.74) is 0. The highest BCUT2D eigenvalue weighted by Gasteiger charge is 2.25. The van der Waals surface area contributed by atoms with Gasteiger partial charge in [0.2, 0.25) is 10.0 Å². The summed E-state index contributed by atoms with van der Waals surface area (Å²) in [6.07, 6.45) is 4.60. The smallest absolute Gasteiger partial charge is 0.213 e. The molecule has 2 aliphatic rings. The zero-order valence-electron chi connectivity index (χ0n) is 15.7. The number of aliphatic imine (C=N–C) groups is 1. The van der Waals surface area contributed by atoms with E-state index in [1.807, 2.05) is 13.8 Å². The molecule has 1 aliphatic carbocycles. The highest BCUT2D eigenvalue weighted by molar-refractivity contribution is 7.89. The molecule has 1 saturated carbocycles. The molecule has 2 rings (SSSR count). The second kappa shape index (κ2) is 10.3. The number of hydrogen-bond donors (Lipinski definition) is 2. The minimum Gasteiger partial charge on any atom is -0.381 e. The Hall–Kier alpha value is -0.860. The van der Waals surface area contributed by atoms with Gasteiger partial charge in [-0.1, -0.05) is 6.42 Å². The van der Waals surface area contributed by atoms with Gasteiger partial charge in [-0.05, 0) is 39.0 Å².